The van der Waals surface area contributed by atoms with Crippen molar-refractivity contribution >= 4 is 12.0 Å². The van der Waals surface area contributed by atoms with Gasteiger partial charge in [0.2, 0.25) is 5.91 Å². The van der Waals surface area contributed by atoms with Crippen LogP contribution in [0.15, 0.2) is 47.1 Å². The maximum Gasteiger partial charge on any atom is 0.244 e. The number of ether oxygens (including phenoxy) is 1. The lowest BCUT2D eigenvalue weighted by atomic mass is 9.82. The fourth-order valence-electron chi connectivity index (χ4n) is 4.23. The highest BCUT2D eigenvalue weighted by molar-refractivity contribution is 5.91. The monoisotopic (exact) mass is 366 g/mol. The number of nitrogens with zero attached hydrogens (tertiary/aromatic N) is 1. The first-order valence-electron chi connectivity index (χ1n) is 9.63. The maximum atomic E-state index is 12.1. The van der Waals surface area contributed by atoms with Crippen LogP contribution in [0.3, 0.4) is 0 Å². The summed E-state index contributed by atoms with van der Waals surface area (Å²) in [6.07, 6.45) is 8.13. The Kier molecular flexibility index (Phi) is 5.30. The molecular weight excluding hydrogens is 340 g/mol. The molecule has 1 amide bonds. The molecule has 1 saturated heterocycles. The smallest absolute Gasteiger partial charge is 0.244 e. The molecule has 142 valence electrons. The number of methoxy groups -OCH3 is 1. The number of furan rings is 1. The normalized spacial score (nSPS) is 22.3. The Bertz CT molecular complexity index is 813. The summed E-state index contributed by atoms with van der Waals surface area (Å²) in [4.78, 5) is 14.7. The Morgan fingerprint density at radius 1 is 1.37 bits per heavy atom. The topological polar surface area (TPSA) is 54.7 Å². The molecule has 0 radical (unpaired) electrons. The third-order valence-electron chi connectivity index (χ3n) is 5.71. The molecule has 2 aromatic rings. The third kappa shape index (κ3) is 4.08. The predicted molar refractivity (Wildman–Crippen MR) is 104 cm³/mol. The van der Waals surface area contributed by atoms with Crippen LogP contribution in [0.25, 0.3) is 6.08 Å². The summed E-state index contributed by atoms with van der Waals surface area (Å²) in [6.45, 7) is 2.92. The summed E-state index contributed by atoms with van der Waals surface area (Å²) in [5.41, 5.74) is 2.83. The number of nitrogens with one attached hydrogen (secondary N) is 1. The van der Waals surface area contributed by atoms with Crippen molar-refractivity contribution in [1.29, 1.82) is 0 Å². The first-order valence-corrected chi connectivity index (χ1v) is 9.63. The van der Waals surface area contributed by atoms with Gasteiger partial charge in [-0.25, -0.2) is 0 Å². The molecule has 0 aliphatic carbocycles. The van der Waals surface area contributed by atoms with E-state index < -0.39 is 0 Å². The quantitative estimate of drug-likeness (QED) is 0.824. The summed E-state index contributed by atoms with van der Waals surface area (Å²) in [6, 6.07) is 10.6. The molecule has 4 rings (SSSR count). The molecule has 3 heterocycles. The van der Waals surface area contributed by atoms with Crippen LogP contribution in [-0.4, -0.2) is 37.6 Å². The van der Waals surface area contributed by atoms with Crippen LogP contribution in [-0.2, 0) is 11.2 Å². The minimum Gasteiger partial charge on any atom is -0.497 e. The van der Waals surface area contributed by atoms with Crippen molar-refractivity contribution in [1.82, 2.24) is 10.2 Å². The molecule has 0 saturated carbocycles. The van der Waals surface area contributed by atoms with E-state index in [2.05, 4.69) is 28.4 Å². The molecular formula is C22H26N2O3. The lowest BCUT2D eigenvalue weighted by Gasteiger charge is -2.43. The van der Waals surface area contributed by atoms with E-state index in [-0.39, 0.29) is 5.91 Å². The fourth-order valence-corrected chi connectivity index (χ4v) is 4.23. The van der Waals surface area contributed by atoms with Crippen molar-refractivity contribution in [3.8, 4) is 5.75 Å². The van der Waals surface area contributed by atoms with Crippen LogP contribution in [0, 0.1) is 5.92 Å². The number of carbonyl (C=O) groups excluding carboxylic acids is 1. The second-order valence-corrected chi connectivity index (χ2v) is 7.35. The Morgan fingerprint density at radius 3 is 3.11 bits per heavy atom. The summed E-state index contributed by atoms with van der Waals surface area (Å²) in [7, 11) is 1.72. The maximum absolute atomic E-state index is 12.1. The summed E-state index contributed by atoms with van der Waals surface area (Å²) in [5, 5.41) is 3.05. The van der Waals surface area contributed by atoms with Gasteiger partial charge >= 0.3 is 0 Å². The highest BCUT2D eigenvalue weighted by Gasteiger charge is 2.33. The largest absolute Gasteiger partial charge is 0.497 e. The second kappa shape index (κ2) is 8.01. The van der Waals surface area contributed by atoms with Crippen molar-refractivity contribution in [3.63, 3.8) is 0 Å². The van der Waals surface area contributed by atoms with Crippen LogP contribution in [0.2, 0.25) is 0 Å². The number of benzene rings is 1. The lowest BCUT2D eigenvalue weighted by molar-refractivity contribution is -0.116. The molecule has 0 bridgehead atoms. The molecule has 1 N–H and O–H groups in total. The van der Waals surface area contributed by atoms with Gasteiger partial charge in [-0.05, 0) is 73.2 Å². The standard InChI is InChI=1S/C22H26N2O3/c1-26-19-4-6-20-17(14-19)9-11-24-10-8-16(13-21(20)24)15-23-22(25)7-5-18-3-2-12-27-18/h2-7,12,14,16,21H,8-11,13,15H2,1H3,(H,23,25)/b7-5+. The second-order valence-electron chi connectivity index (χ2n) is 7.35. The number of hydrogen-bond acceptors (Lipinski definition) is 4. The minimum atomic E-state index is -0.0670. The molecule has 27 heavy (non-hydrogen) atoms. The van der Waals surface area contributed by atoms with Crippen LogP contribution >= 0.6 is 0 Å². The number of carbonyl (C=O) groups is 1. The van der Waals surface area contributed by atoms with Gasteiger partial charge in [-0.2, -0.15) is 0 Å². The van der Waals surface area contributed by atoms with Crippen LogP contribution in [0.5, 0.6) is 5.75 Å². The molecule has 5 heteroatoms. The van der Waals surface area contributed by atoms with Gasteiger partial charge in [-0.3, -0.25) is 9.69 Å². The number of piperidine rings is 1. The SMILES string of the molecule is COc1ccc2c(c1)CCN1CCC(CNC(=O)/C=C/c3ccco3)CC21. The highest BCUT2D eigenvalue weighted by atomic mass is 16.5. The van der Waals surface area contributed by atoms with E-state index in [1.54, 1.807) is 19.4 Å². The Morgan fingerprint density at radius 2 is 2.30 bits per heavy atom. The van der Waals surface area contributed by atoms with Crippen LogP contribution < -0.4 is 10.1 Å². The summed E-state index contributed by atoms with van der Waals surface area (Å²) in [5.74, 6) is 2.06. The van der Waals surface area contributed by atoms with Gasteiger partial charge in [-0.1, -0.05) is 6.07 Å². The zero-order valence-corrected chi connectivity index (χ0v) is 15.7. The summed E-state index contributed by atoms with van der Waals surface area (Å²) < 4.78 is 10.6. The Hall–Kier alpha value is -2.53. The average Bonchev–Trinajstić information content (AvgIpc) is 3.23. The van der Waals surface area contributed by atoms with E-state index >= 15 is 0 Å². The minimum absolute atomic E-state index is 0.0670. The van der Waals surface area contributed by atoms with Gasteiger partial charge < -0.3 is 14.5 Å². The molecule has 1 aromatic carbocycles. The number of amides is 1. The number of fused-ring (bicyclic) bond motifs is 3. The number of hydrogen-bond donors (Lipinski definition) is 1. The van der Waals surface area contributed by atoms with Gasteiger partial charge in [-0.15, -0.1) is 0 Å². The van der Waals surface area contributed by atoms with E-state index in [0.29, 0.717) is 17.7 Å². The average molecular weight is 366 g/mol. The molecule has 1 aromatic heterocycles. The first kappa shape index (κ1) is 17.9. The zero-order chi connectivity index (χ0) is 18.6. The van der Waals surface area contributed by atoms with Crippen molar-refractivity contribution in [2.45, 2.75) is 25.3 Å². The van der Waals surface area contributed by atoms with Crippen molar-refractivity contribution in [2.75, 3.05) is 26.7 Å². The molecule has 0 spiro atoms. The van der Waals surface area contributed by atoms with Gasteiger partial charge in [0.15, 0.2) is 0 Å². The van der Waals surface area contributed by atoms with E-state index in [9.17, 15) is 4.79 Å². The summed E-state index contributed by atoms with van der Waals surface area (Å²) >= 11 is 0. The number of rotatable bonds is 5. The Labute approximate surface area is 160 Å². The highest BCUT2D eigenvalue weighted by Crippen LogP contribution is 2.39. The first-order chi connectivity index (χ1) is 13.2. The fraction of sp³-hybridized carbons (Fsp3) is 0.409. The van der Waals surface area contributed by atoms with Gasteiger partial charge in [0.1, 0.15) is 11.5 Å². The molecule has 2 unspecified atom stereocenters. The molecule has 2 aliphatic heterocycles. The van der Waals surface area contributed by atoms with Gasteiger partial charge in [0.25, 0.3) is 0 Å². The predicted octanol–water partition coefficient (Wildman–Crippen LogP) is 3.43. The molecule has 1 fully saturated rings. The van der Waals surface area contributed by atoms with Crippen LogP contribution in [0.1, 0.15) is 35.8 Å². The van der Waals surface area contributed by atoms with Gasteiger partial charge in [0, 0.05) is 25.2 Å². The van der Waals surface area contributed by atoms with E-state index in [1.165, 1.54) is 17.2 Å². The molecule has 2 aliphatic rings. The van der Waals surface area contributed by atoms with Crippen molar-refractivity contribution in [2.24, 2.45) is 5.92 Å². The lowest BCUT2D eigenvalue weighted by Crippen LogP contribution is -2.43. The Balaban J connectivity index is 1.35. The van der Waals surface area contributed by atoms with E-state index in [0.717, 1.165) is 44.6 Å². The van der Waals surface area contributed by atoms with Crippen LogP contribution in [0.4, 0.5) is 0 Å². The van der Waals surface area contributed by atoms with Crippen molar-refractivity contribution in [3.05, 3.63) is 59.6 Å². The van der Waals surface area contributed by atoms with Gasteiger partial charge in [0.05, 0.1) is 13.4 Å². The van der Waals surface area contributed by atoms with Crippen molar-refractivity contribution < 1.29 is 13.9 Å². The molecule has 2 atom stereocenters. The third-order valence-corrected chi connectivity index (χ3v) is 5.71. The van der Waals surface area contributed by atoms with E-state index in [1.807, 2.05) is 12.1 Å². The zero-order valence-electron chi connectivity index (χ0n) is 15.7. The molecule has 5 nitrogen and oxygen atoms in total. The van der Waals surface area contributed by atoms with E-state index in [4.69, 9.17) is 9.15 Å².